The van der Waals surface area contributed by atoms with Gasteiger partial charge in [0.1, 0.15) is 5.75 Å². The molecule has 0 bridgehead atoms. The minimum absolute atomic E-state index is 0.0189. The quantitative estimate of drug-likeness (QED) is 0.936. The molecule has 3 rings (SSSR count). The Morgan fingerprint density at radius 1 is 1.38 bits per heavy atom. The van der Waals surface area contributed by atoms with Gasteiger partial charge in [-0.25, -0.2) is 0 Å². The Hall–Kier alpha value is -2.37. The maximum atomic E-state index is 11.9. The second kappa shape index (κ2) is 5.55. The first-order chi connectivity index (χ1) is 10.1. The number of aryl methyl sites for hydroxylation is 2. The standard InChI is InChI=1S/C15H17N3O3/c1-9(15-18-17-10(2)21-15)20-12-5-6-13-11(8-12)4-3-7-16-14(13)19/h5-6,8-9H,3-4,7H2,1-2H3,(H,16,19). The van der Waals surface area contributed by atoms with Crippen LogP contribution >= 0.6 is 0 Å². The van der Waals surface area contributed by atoms with Crippen molar-refractivity contribution < 1.29 is 13.9 Å². The van der Waals surface area contributed by atoms with E-state index < -0.39 is 0 Å². The fourth-order valence-corrected chi connectivity index (χ4v) is 2.38. The second-order valence-corrected chi connectivity index (χ2v) is 5.10. The molecular weight excluding hydrogens is 270 g/mol. The fourth-order valence-electron chi connectivity index (χ4n) is 2.38. The van der Waals surface area contributed by atoms with Crippen molar-refractivity contribution in [1.29, 1.82) is 0 Å². The minimum atomic E-state index is -0.330. The predicted octanol–water partition coefficient (Wildman–Crippen LogP) is 2.19. The average molecular weight is 287 g/mol. The van der Waals surface area contributed by atoms with Crippen LogP contribution in [0.5, 0.6) is 5.75 Å². The van der Waals surface area contributed by atoms with E-state index in [1.165, 1.54) is 0 Å². The van der Waals surface area contributed by atoms with Crippen LogP contribution in [0.3, 0.4) is 0 Å². The van der Waals surface area contributed by atoms with Crippen LogP contribution < -0.4 is 10.1 Å². The smallest absolute Gasteiger partial charge is 0.256 e. The van der Waals surface area contributed by atoms with Gasteiger partial charge in [0.15, 0.2) is 6.10 Å². The van der Waals surface area contributed by atoms with Gasteiger partial charge in [-0.1, -0.05) is 0 Å². The molecule has 0 radical (unpaired) electrons. The normalized spacial score (nSPS) is 15.8. The van der Waals surface area contributed by atoms with Crippen LogP contribution in [0.25, 0.3) is 0 Å². The topological polar surface area (TPSA) is 77.3 Å². The van der Waals surface area contributed by atoms with Gasteiger partial charge in [0.05, 0.1) is 0 Å². The molecule has 110 valence electrons. The highest BCUT2D eigenvalue weighted by Crippen LogP contribution is 2.25. The van der Waals surface area contributed by atoms with Gasteiger partial charge in [0.25, 0.3) is 11.8 Å². The number of nitrogens with zero attached hydrogens (tertiary/aromatic N) is 2. The van der Waals surface area contributed by atoms with Crippen molar-refractivity contribution in [2.24, 2.45) is 0 Å². The lowest BCUT2D eigenvalue weighted by molar-refractivity contribution is 0.0956. The molecule has 0 fully saturated rings. The minimum Gasteiger partial charge on any atom is -0.481 e. The lowest BCUT2D eigenvalue weighted by Gasteiger charge is -2.13. The third-order valence-corrected chi connectivity index (χ3v) is 3.43. The molecule has 2 aromatic rings. The van der Waals surface area contributed by atoms with E-state index in [9.17, 15) is 4.79 Å². The van der Waals surface area contributed by atoms with Crippen molar-refractivity contribution in [2.75, 3.05) is 6.54 Å². The Bertz CT molecular complexity index is 666. The number of benzene rings is 1. The van der Waals surface area contributed by atoms with Gasteiger partial charge in [0, 0.05) is 19.0 Å². The van der Waals surface area contributed by atoms with Gasteiger partial charge in [-0.05, 0) is 43.5 Å². The van der Waals surface area contributed by atoms with Crippen molar-refractivity contribution in [3.63, 3.8) is 0 Å². The molecule has 2 heterocycles. The number of rotatable bonds is 3. The molecule has 1 amide bonds. The van der Waals surface area contributed by atoms with Crippen LogP contribution in [0, 0.1) is 6.92 Å². The van der Waals surface area contributed by atoms with Gasteiger partial charge in [-0.2, -0.15) is 0 Å². The van der Waals surface area contributed by atoms with E-state index in [-0.39, 0.29) is 12.0 Å². The number of hydrogen-bond donors (Lipinski definition) is 1. The number of ether oxygens (including phenoxy) is 1. The highest BCUT2D eigenvalue weighted by Gasteiger charge is 2.18. The fraction of sp³-hybridized carbons (Fsp3) is 0.400. The molecule has 1 atom stereocenters. The van der Waals surface area contributed by atoms with E-state index in [1.54, 1.807) is 19.1 Å². The molecule has 1 aromatic heterocycles. The summed E-state index contributed by atoms with van der Waals surface area (Å²) in [4.78, 5) is 11.9. The van der Waals surface area contributed by atoms with Gasteiger partial charge >= 0.3 is 0 Å². The van der Waals surface area contributed by atoms with E-state index >= 15 is 0 Å². The Labute approximate surface area is 122 Å². The monoisotopic (exact) mass is 287 g/mol. The number of aromatic nitrogens is 2. The van der Waals surface area contributed by atoms with Gasteiger partial charge in [0.2, 0.25) is 5.89 Å². The number of hydrogen-bond acceptors (Lipinski definition) is 5. The van der Waals surface area contributed by atoms with E-state index in [2.05, 4.69) is 15.5 Å². The summed E-state index contributed by atoms with van der Waals surface area (Å²) in [6, 6.07) is 5.51. The third-order valence-electron chi connectivity index (χ3n) is 3.43. The van der Waals surface area contributed by atoms with E-state index in [0.717, 1.165) is 24.0 Å². The SMILES string of the molecule is Cc1nnc(C(C)Oc2ccc3c(c2)CCCNC3=O)o1. The molecule has 1 aliphatic heterocycles. The predicted molar refractivity (Wildman–Crippen MR) is 75.2 cm³/mol. The third kappa shape index (κ3) is 2.89. The van der Waals surface area contributed by atoms with E-state index in [4.69, 9.17) is 9.15 Å². The summed E-state index contributed by atoms with van der Waals surface area (Å²) in [5.41, 5.74) is 1.73. The summed E-state index contributed by atoms with van der Waals surface area (Å²) in [5, 5.41) is 10.6. The highest BCUT2D eigenvalue weighted by molar-refractivity contribution is 5.96. The summed E-state index contributed by atoms with van der Waals surface area (Å²) in [6.07, 6.45) is 1.46. The molecule has 0 aliphatic carbocycles. The second-order valence-electron chi connectivity index (χ2n) is 5.10. The molecule has 1 aromatic carbocycles. The maximum Gasteiger partial charge on any atom is 0.256 e. The van der Waals surface area contributed by atoms with Crippen LogP contribution in [0.1, 0.15) is 47.2 Å². The summed E-state index contributed by atoms with van der Waals surface area (Å²) in [6.45, 7) is 4.30. The number of fused-ring (bicyclic) bond motifs is 1. The van der Waals surface area contributed by atoms with E-state index in [0.29, 0.717) is 24.1 Å². The number of carbonyl (C=O) groups is 1. The van der Waals surface area contributed by atoms with Gasteiger partial charge in [-0.15, -0.1) is 10.2 Å². The molecule has 6 nitrogen and oxygen atoms in total. The van der Waals surface area contributed by atoms with E-state index in [1.807, 2.05) is 13.0 Å². The maximum absolute atomic E-state index is 11.9. The molecule has 0 saturated carbocycles. The van der Waals surface area contributed by atoms with Crippen LogP contribution in [0.15, 0.2) is 22.6 Å². The van der Waals surface area contributed by atoms with Crippen molar-refractivity contribution in [1.82, 2.24) is 15.5 Å². The molecule has 1 N–H and O–H groups in total. The summed E-state index contributed by atoms with van der Waals surface area (Å²) in [7, 11) is 0. The van der Waals surface area contributed by atoms with Crippen molar-refractivity contribution in [3.05, 3.63) is 41.1 Å². The number of carbonyl (C=O) groups excluding carboxylic acids is 1. The Morgan fingerprint density at radius 3 is 3.00 bits per heavy atom. The van der Waals surface area contributed by atoms with Crippen LogP contribution in [-0.4, -0.2) is 22.6 Å². The molecule has 21 heavy (non-hydrogen) atoms. The lowest BCUT2D eigenvalue weighted by Crippen LogP contribution is -2.22. The van der Waals surface area contributed by atoms with Gasteiger partial charge < -0.3 is 14.5 Å². The average Bonchev–Trinajstić information content (AvgIpc) is 2.82. The molecule has 6 heteroatoms. The first kappa shape index (κ1) is 13.6. The first-order valence-electron chi connectivity index (χ1n) is 7.01. The van der Waals surface area contributed by atoms with Crippen molar-refractivity contribution in [3.8, 4) is 5.75 Å². The van der Waals surface area contributed by atoms with Gasteiger partial charge in [-0.3, -0.25) is 4.79 Å². The molecular formula is C15H17N3O3. The van der Waals surface area contributed by atoms with Crippen LogP contribution in [0.4, 0.5) is 0 Å². The molecule has 0 spiro atoms. The molecule has 1 aliphatic rings. The number of nitrogens with one attached hydrogen (secondary N) is 1. The zero-order valence-electron chi connectivity index (χ0n) is 12.0. The first-order valence-corrected chi connectivity index (χ1v) is 7.01. The van der Waals surface area contributed by atoms with Crippen molar-refractivity contribution in [2.45, 2.75) is 32.8 Å². The summed E-state index contributed by atoms with van der Waals surface area (Å²) < 4.78 is 11.2. The largest absolute Gasteiger partial charge is 0.481 e. The Morgan fingerprint density at radius 2 is 2.24 bits per heavy atom. The summed E-state index contributed by atoms with van der Waals surface area (Å²) >= 11 is 0. The Balaban J connectivity index is 1.80. The zero-order valence-corrected chi connectivity index (χ0v) is 12.0. The Kier molecular flexibility index (Phi) is 3.60. The lowest BCUT2D eigenvalue weighted by atomic mass is 10.0. The van der Waals surface area contributed by atoms with Crippen molar-refractivity contribution >= 4 is 5.91 Å². The molecule has 1 unspecified atom stereocenters. The highest BCUT2D eigenvalue weighted by atomic mass is 16.5. The molecule has 0 saturated heterocycles. The van der Waals surface area contributed by atoms with Crippen LogP contribution in [0.2, 0.25) is 0 Å². The summed E-state index contributed by atoms with van der Waals surface area (Å²) in [5.74, 6) is 1.64. The number of amides is 1. The zero-order chi connectivity index (χ0) is 14.8. The van der Waals surface area contributed by atoms with Crippen LogP contribution in [-0.2, 0) is 6.42 Å².